The van der Waals surface area contributed by atoms with Gasteiger partial charge in [-0.2, -0.15) is 5.10 Å². The Bertz CT molecular complexity index is 769. The molecule has 0 spiro atoms. The van der Waals surface area contributed by atoms with Crippen LogP contribution in [-0.2, 0) is 4.79 Å². The molecule has 0 bridgehead atoms. The normalized spacial score (nSPS) is 19.2. The second kappa shape index (κ2) is 11.3. The van der Waals surface area contributed by atoms with Crippen LogP contribution in [0.15, 0.2) is 47.8 Å². The average Bonchev–Trinajstić information content (AvgIpc) is 2.76. The van der Waals surface area contributed by atoms with Crippen molar-refractivity contribution in [3.05, 3.63) is 48.3 Å². The van der Waals surface area contributed by atoms with Crippen molar-refractivity contribution in [1.29, 1.82) is 0 Å². The Hall–Kier alpha value is -2.76. The molecule has 1 saturated carbocycles. The van der Waals surface area contributed by atoms with E-state index in [1.54, 1.807) is 24.7 Å². The highest BCUT2D eigenvalue weighted by Gasteiger charge is 2.25. The largest absolute Gasteiger partial charge is 0.424 e. The molecule has 0 aliphatic heterocycles. The Balaban J connectivity index is 1.40. The van der Waals surface area contributed by atoms with Crippen LogP contribution in [0.4, 0.5) is 0 Å². The number of carbonyl (C=O) groups is 1. The Morgan fingerprint density at radius 1 is 1.14 bits per heavy atom. The van der Waals surface area contributed by atoms with Crippen molar-refractivity contribution in [2.75, 3.05) is 0 Å². The Kier molecular flexibility index (Phi) is 8.16. The molecule has 0 unspecified atom stereocenters. The molecule has 6 heteroatoms. The number of aromatic nitrogens is 2. The van der Waals surface area contributed by atoms with Gasteiger partial charge in [0, 0.05) is 18.3 Å². The van der Waals surface area contributed by atoms with E-state index in [1.165, 1.54) is 25.7 Å². The van der Waals surface area contributed by atoms with E-state index in [4.69, 9.17) is 4.74 Å². The van der Waals surface area contributed by atoms with Gasteiger partial charge in [-0.25, -0.2) is 15.4 Å². The summed E-state index contributed by atoms with van der Waals surface area (Å²) in [6.45, 7) is 2.24. The zero-order chi connectivity index (χ0) is 20.3. The molecule has 0 saturated heterocycles. The van der Waals surface area contributed by atoms with Crippen molar-refractivity contribution < 1.29 is 9.53 Å². The van der Waals surface area contributed by atoms with Gasteiger partial charge in [-0.05, 0) is 67.5 Å². The highest BCUT2D eigenvalue weighted by Crippen LogP contribution is 2.32. The van der Waals surface area contributed by atoms with Crippen LogP contribution >= 0.6 is 0 Å². The van der Waals surface area contributed by atoms with Gasteiger partial charge in [0.2, 0.25) is 5.91 Å². The van der Waals surface area contributed by atoms with E-state index in [-0.39, 0.29) is 11.8 Å². The summed E-state index contributed by atoms with van der Waals surface area (Å²) >= 11 is 0. The molecule has 1 aromatic heterocycles. The maximum Gasteiger partial charge on any atom is 0.321 e. The van der Waals surface area contributed by atoms with E-state index >= 15 is 0 Å². The van der Waals surface area contributed by atoms with Gasteiger partial charge in [0.15, 0.2) is 0 Å². The molecule has 1 heterocycles. The SMILES string of the molecule is CCCCCC1CCC(C(=O)N/N=C\c2ccc(Oc3ncccn3)cc2)CC1. The van der Waals surface area contributed by atoms with Gasteiger partial charge in [0.05, 0.1) is 6.21 Å². The van der Waals surface area contributed by atoms with Crippen LogP contribution in [0, 0.1) is 11.8 Å². The molecule has 1 fully saturated rings. The smallest absolute Gasteiger partial charge is 0.321 e. The molecule has 1 N–H and O–H groups in total. The summed E-state index contributed by atoms with van der Waals surface area (Å²) in [7, 11) is 0. The molecule has 1 aromatic carbocycles. The number of hydrogen-bond donors (Lipinski definition) is 1. The summed E-state index contributed by atoms with van der Waals surface area (Å²) in [5, 5.41) is 4.12. The van der Waals surface area contributed by atoms with Gasteiger partial charge in [-0.3, -0.25) is 4.79 Å². The summed E-state index contributed by atoms with van der Waals surface area (Å²) in [5.74, 6) is 1.58. The topological polar surface area (TPSA) is 76.5 Å². The van der Waals surface area contributed by atoms with E-state index in [0.717, 1.165) is 37.2 Å². The number of amides is 1. The monoisotopic (exact) mass is 394 g/mol. The molecule has 1 aliphatic rings. The summed E-state index contributed by atoms with van der Waals surface area (Å²) in [5.41, 5.74) is 3.58. The van der Waals surface area contributed by atoms with E-state index in [0.29, 0.717) is 11.8 Å². The first-order chi connectivity index (χ1) is 14.2. The van der Waals surface area contributed by atoms with E-state index in [1.807, 2.05) is 24.3 Å². The van der Waals surface area contributed by atoms with E-state index in [2.05, 4.69) is 27.4 Å². The lowest BCUT2D eigenvalue weighted by Gasteiger charge is -2.27. The second-order valence-corrected chi connectivity index (χ2v) is 7.65. The Morgan fingerprint density at radius 3 is 2.55 bits per heavy atom. The highest BCUT2D eigenvalue weighted by atomic mass is 16.5. The number of rotatable bonds is 9. The fourth-order valence-corrected chi connectivity index (χ4v) is 3.72. The van der Waals surface area contributed by atoms with Crippen LogP contribution < -0.4 is 10.2 Å². The molecule has 154 valence electrons. The summed E-state index contributed by atoms with van der Waals surface area (Å²) in [4.78, 5) is 20.4. The lowest BCUT2D eigenvalue weighted by molar-refractivity contribution is -0.126. The van der Waals surface area contributed by atoms with Gasteiger partial charge < -0.3 is 4.74 Å². The first-order valence-corrected chi connectivity index (χ1v) is 10.6. The van der Waals surface area contributed by atoms with Gasteiger partial charge in [-0.15, -0.1) is 0 Å². The van der Waals surface area contributed by atoms with Crippen LogP contribution in [0.25, 0.3) is 0 Å². The first-order valence-electron chi connectivity index (χ1n) is 10.6. The fraction of sp³-hybridized carbons (Fsp3) is 0.478. The number of carbonyl (C=O) groups excluding carboxylic acids is 1. The highest BCUT2D eigenvalue weighted by molar-refractivity contribution is 5.83. The van der Waals surface area contributed by atoms with Crippen LogP contribution in [0.2, 0.25) is 0 Å². The van der Waals surface area contributed by atoms with Crippen molar-refractivity contribution in [2.45, 2.75) is 58.3 Å². The minimum absolute atomic E-state index is 0.0365. The molecule has 1 aliphatic carbocycles. The fourth-order valence-electron chi connectivity index (χ4n) is 3.72. The standard InChI is InChI=1S/C23H30N4O2/c1-2-3-4-6-18-7-11-20(12-8-18)22(28)27-26-17-19-9-13-21(14-10-19)29-23-24-15-5-16-25-23/h5,9-10,13-18,20H,2-4,6-8,11-12H2,1H3,(H,27,28)/b26-17-. The van der Waals surface area contributed by atoms with Crippen molar-refractivity contribution in [2.24, 2.45) is 16.9 Å². The van der Waals surface area contributed by atoms with E-state index < -0.39 is 0 Å². The molecule has 2 aromatic rings. The molecule has 1 amide bonds. The lowest BCUT2D eigenvalue weighted by Crippen LogP contribution is -2.30. The number of nitrogens with zero attached hydrogens (tertiary/aromatic N) is 3. The Morgan fingerprint density at radius 2 is 1.86 bits per heavy atom. The minimum atomic E-state index is 0.0365. The number of ether oxygens (including phenoxy) is 1. The number of hydrogen-bond acceptors (Lipinski definition) is 5. The molecule has 0 radical (unpaired) electrons. The average molecular weight is 395 g/mol. The molecular formula is C23H30N4O2. The van der Waals surface area contributed by atoms with Gasteiger partial charge in [0.1, 0.15) is 5.75 Å². The van der Waals surface area contributed by atoms with Gasteiger partial charge in [-0.1, -0.05) is 32.6 Å². The van der Waals surface area contributed by atoms with Crippen LogP contribution in [0.3, 0.4) is 0 Å². The molecular weight excluding hydrogens is 364 g/mol. The molecule has 3 rings (SSSR count). The summed E-state index contributed by atoms with van der Waals surface area (Å²) in [6.07, 6.45) is 14.4. The van der Waals surface area contributed by atoms with Gasteiger partial charge >= 0.3 is 6.01 Å². The van der Waals surface area contributed by atoms with E-state index in [9.17, 15) is 4.79 Å². The zero-order valence-electron chi connectivity index (χ0n) is 17.1. The predicted molar refractivity (Wildman–Crippen MR) is 114 cm³/mol. The number of unbranched alkanes of at least 4 members (excludes halogenated alkanes) is 2. The van der Waals surface area contributed by atoms with Crippen LogP contribution in [-0.4, -0.2) is 22.1 Å². The van der Waals surface area contributed by atoms with Gasteiger partial charge in [0.25, 0.3) is 0 Å². The third kappa shape index (κ3) is 6.97. The van der Waals surface area contributed by atoms with Crippen molar-refractivity contribution in [3.63, 3.8) is 0 Å². The van der Waals surface area contributed by atoms with Crippen molar-refractivity contribution >= 4 is 12.1 Å². The van der Waals surface area contributed by atoms with Crippen molar-refractivity contribution in [3.8, 4) is 11.8 Å². The van der Waals surface area contributed by atoms with Crippen LogP contribution in [0.1, 0.15) is 63.9 Å². The maximum absolute atomic E-state index is 12.4. The lowest BCUT2D eigenvalue weighted by atomic mass is 9.79. The molecule has 0 atom stereocenters. The predicted octanol–water partition coefficient (Wildman–Crippen LogP) is 5.11. The summed E-state index contributed by atoms with van der Waals surface area (Å²) < 4.78 is 5.56. The number of nitrogens with one attached hydrogen (secondary N) is 1. The maximum atomic E-state index is 12.4. The number of hydrazone groups is 1. The quantitative estimate of drug-likeness (QED) is 0.364. The summed E-state index contributed by atoms with van der Waals surface area (Å²) in [6, 6.07) is 9.42. The molecule has 29 heavy (non-hydrogen) atoms. The zero-order valence-corrected chi connectivity index (χ0v) is 17.1. The number of benzene rings is 1. The molecule has 6 nitrogen and oxygen atoms in total. The second-order valence-electron chi connectivity index (χ2n) is 7.65. The van der Waals surface area contributed by atoms with Crippen LogP contribution in [0.5, 0.6) is 11.8 Å². The Labute approximate surface area is 172 Å². The third-order valence-electron chi connectivity index (χ3n) is 5.45. The third-order valence-corrected chi connectivity index (χ3v) is 5.45. The first kappa shape index (κ1) is 21.0. The minimum Gasteiger partial charge on any atom is -0.424 e. The van der Waals surface area contributed by atoms with Crippen molar-refractivity contribution in [1.82, 2.24) is 15.4 Å².